The number of pyridine rings is 1. The van der Waals surface area contributed by atoms with Gasteiger partial charge < -0.3 is 5.73 Å². The van der Waals surface area contributed by atoms with E-state index in [2.05, 4.69) is 9.71 Å². The van der Waals surface area contributed by atoms with Crippen molar-refractivity contribution in [1.82, 2.24) is 9.71 Å². The maximum atomic E-state index is 12.4. The molecule has 0 atom stereocenters. The molecule has 0 aliphatic heterocycles. The summed E-state index contributed by atoms with van der Waals surface area (Å²) in [4.78, 5) is 4.24. The number of aromatic nitrogens is 1. The van der Waals surface area contributed by atoms with Crippen molar-refractivity contribution in [1.29, 1.82) is 0 Å². The Kier molecular flexibility index (Phi) is 5.10. The number of benzene rings is 1. The van der Waals surface area contributed by atoms with Gasteiger partial charge >= 0.3 is 0 Å². The van der Waals surface area contributed by atoms with Gasteiger partial charge in [-0.15, -0.1) is 12.4 Å². The Bertz CT molecular complexity index is 696. The van der Waals surface area contributed by atoms with E-state index in [1.165, 1.54) is 0 Å². The third kappa shape index (κ3) is 3.46. The number of nitrogens with two attached hydrogens (primary N) is 1. The molecule has 2 aromatic rings. The van der Waals surface area contributed by atoms with Crippen molar-refractivity contribution in [2.45, 2.75) is 24.3 Å². The SMILES string of the molecule is CC(C)(CN)NS(=O)(=O)c1cccc2cnccc12.Cl. The zero-order valence-corrected chi connectivity index (χ0v) is 13.0. The molecule has 0 aliphatic rings. The van der Waals surface area contributed by atoms with Gasteiger partial charge in [0.2, 0.25) is 10.0 Å². The van der Waals surface area contributed by atoms with E-state index in [4.69, 9.17) is 5.73 Å². The highest BCUT2D eigenvalue weighted by Crippen LogP contribution is 2.22. The molecule has 0 unspecified atom stereocenters. The first-order valence-corrected chi connectivity index (χ1v) is 7.41. The second kappa shape index (κ2) is 6.05. The van der Waals surface area contributed by atoms with Crippen LogP contribution in [0.5, 0.6) is 0 Å². The van der Waals surface area contributed by atoms with E-state index in [1.807, 2.05) is 6.07 Å². The molecule has 20 heavy (non-hydrogen) atoms. The van der Waals surface area contributed by atoms with Gasteiger partial charge in [0, 0.05) is 35.2 Å². The summed E-state index contributed by atoms with van der Waals surface area (Å²) in [5.41, 5.74) is 4.88. The van der Waals surface area contributed by atoms with Crippen LogP contribution in [0.4, 0.5) is 0 Å². The first-order valence-electron chi connectivity index (χ1n) is 5.92. The maximum absolute atomic E-state index is 12.4. The van der Waals surface area contributed by atoms with Crippen molar-refractivity contribution in [3.8, 4) is 0 Å². The molecule has 1 aromatic carbocycles. The molecule has 0 bridgehead atoms. The van der Waals surface area contributed by atoms with E-state index in [1.54, 1.807) is 44.4 Å². The molecule has 1 aromatic heterocycles. The summed E-state index contributed by atoms with van der Waals surface area (Å²) in [7, 11) is -3.61. The molecule has 0 aliphatic carbocycles. The lowest BCUT2D eigenvalue weighted by Gasteiger charge is -2.24. The molecule has 7 heteroatoms. The number of hydrogen-bond donors (Lipinski definition) is 2. The minimum Gasteiger partial charge on any atom is -0.329 e. The van der Waals surface area contributed by atoms with E-state index in [-0.39, 0.29) is 23.8 Å². The Hall–Kier alpha value is -1.21. The fourth-order valence-corrected chi connectivity index (χ4v) is 3.44. The molecule has 3 N–H and O–H groups in total. The summed E-state index contributed by atoms with van der Waals surface area (Å²) in [5.74, 6) is 0. The normalized spacial score (nSPS) is 12.2. The van der Waals surface area contributed by atoms with Crippen LogP contribution in [0.3, 0.4) is 0 Å². The number of hydrogen-bond acceptors (Lipinski definition) is 4. The number of fused-ring (bicyclic) bond motifs is 1. The van der Waals surface area contributed by atoms with Crippen molar-refractivity contribution in [3.05, 3.63) is 36.7 Å². The molecule has 0 saturated carbocycles. The van der Waals surface area contributed by atoms with Gasteiger partial charge in [0.05, 0.1) is 4.90 Å². The van der Waals surface area contributed by atoms with Gasteiger partial charge in [0.25, 0.3) is 0 Å². The molecule has 2 rings (SSSR count). The molecule has 0 saturated heterocycles. The van der Waals surface area contributed by atoms with Gasteiger partial charge in [0.15, 0.2) is 0 Å². The number of nitrogens with one attached hydrogen (secondary N) is 1. The topological polar surface area (TPSA) is 85.1 Å². The van der Waals surface area contributed by atoms with Crippen LogP contribution in [0.2, 0.25) is 0 Å². The quantitative estimate of drug-likeness (QED) is 0.898. The Morgan fingerprint density at radius 2 is 2.00 bits per heavy atom. The standard InChI is InChI=1S/C13H17N3O2S.ClH/c1-13(2,9-14)16-19(17,18)12-5-3-4-10-8-15-7-6-11(10)12;/h3-8,16H,9,14H2,1-2H3;1H. The van der Waals surface area contributed by atoms with E-state index in [0.717, 1.165) is 5.39 Å². The summed E-state index contributed by atoms with van der Waals surface area (Å²) in [6.45, 7) is 3.72. The Morgan fingerprint density at radius 3 is 2.65 bits per heavy atom. The lowest BCUT2D eigenvalue weighted by Crippen LogP contribution is -2.48. The number of rotatable bonds is 4. The van der Waals surface area contributed by atoms with Gasteiger partial charge in [0.1, 0.15) is 0 Å². The third-order valence-electron chi connectivity index (χ3n) is 2.85. The second-order valence-corrected chi connectivity index (χ2v) is 6.70. The highest BCUT2D eigenvalue weighted by Gasteiger charge is 2.26. The molecule has 0 fully saturated rings. The monoisotopic (exact) mass is 315 g/mol. The first-order chi connectivity index (χ1) is 8.86. The van der Waals surface area contributed by atoms with Crippen LogP contribution in [0.1, 0.15) is 13.8 Å². The summed E-state index contributed by atoms with van der Waals surface area (Å²) in [6.07, 6.45) is 3.22. The molecular formula is C13H18ClN3O2S. The van der Waals surface area contributed by atoms with Crippen LogP contribution in [-0.2, 0) is 10.0 Å². The van der Waals surface area contributed by atoms with Crippen molar-refractivity contribution in [2.24, 2.45) is 5.73 Å². The third-order valence-corrected chi connectivity index (χ3v) is 4.61. The largest absolute Gasteiger partial charge is 0.329 e. The zero-order valence-electron chi connectivity index (χ0n) is 11.3. The van der Waals surface area contributed by atoms with Crippen LogP contribution in [0.25, 0.3) is 10.8 Å². The fraction of sp³-hybridized carbons (Fsp3) is 0.308. The van der Waals surface area contributed by atoms with E-state index < -0.39 is 15.6 Å². The second-order valence-electron chi connectivity index (χ2n) is 5.05. The lowest BCUT2D eigenvalue weighted by molar-refractivity contribution is 0.463. The summed E-state index contributed by atoms with van der Waals surface area (Å²) in [5, 5.41) is 1.44. The molecular weight excluding hydrogens is 298 g/mol. The minimum absolute atomic E-state index is 0. The summed E-state index contributed by atoms with van der Waals surface area (Å²) < 4.78 is 27.5. The Morgan fingerprint density at radius 1 is 1.30 bits per heavy atom. The Balaban J connectivity index is 0.00000200. The van der Waals surface area contributed by atoms with E-state index in [9.17, 15) is 8.42 Å². The smallest absolute Gasteiger partial charge is 0.241 e. The number of halogens is 1. The van der Waals surface area contributed by atoms with Gasteiger partial charge in [-0.1, -0.05) is 12.1 Å². The average Bonchev–Trinajstić information content (AvgIpc) is 2.37. The molecule has 0 radical (unpaired) electrons. The first kappa shape index (κ1) is 16.8. The molecule has 0 amide bonds. The highest BCUT2D eigenvalue weighted by atomic mass is 35.5. The molecule has 0 spiro atoms. The lowest BCUT2D eigenvalue weighted by atomic mass is 10.1. The van der Waals surface area contributed by atoms with Crippen molar-refractivity contribution in [2.75, 3.05) is 6.54 Å². The van der Waals surface area contributed by atoms with E-state index in [0.29, 0.717) is 5.39 Å². The maximum Gasteiger partial charge on any atom is 0.241 e. The van der Waals surface area contributed by atoms with Gasteiger partial charge in [-0.05, 0) is 26.0 Å². The van der Waals surface area contributed by atoms with Gasteiger partial charge in [-0.3, -0.25) is 4.98 Å². The van der Waals surface area contributed by atoms with Crippen molar-refractivity contribution >= 4 is 33.2 Å². The molecule has 110 valence electrons. The zero-order chi connectivity index (χ0) is 14.1. The van der Waals surface area contributed by atoms with Crippen LogP contribution in [-0.4, -0.2) is 25.5 Å². The van der Waals surface area contributed by atoms with Crippen LogP contribution in [0, 0.1) is 0 Å². The predicted octanol–water partition coefficient (Wildman–Crippen LogP) is 1.67. The van der Waals surface area contributed by atoms with E-state index >= 15 is 0 Å². The highest BCUT2D eigenvalue weighted by molar-refractivity contribution is 7.89. The van der Waals surface area contributed by atoms with Crippen LogP contribution in [0.15, 0.2) is 41.6 Å². The van der Waals surface area contributed by atoms with Crippen molar-refractivity contribution in [3.63, 3.8) is 0 Å². The summed E-state index contributed by atoms with van der Waals surface area (Å²) >= 11 is 0. The molecule has 1 heterocycles. The van der Waals surface area contributed by atoms with Crippen molar-refractivity contribution < 1.29 is 8.42 Å². The number of nitrogens with zero attached hydrogens (tertiary/aromatic N) is 1. The van der Waals surface area contributed by atoms with Gasteiger partial charge in [-0.25, -0.2) is 13.1 Å². The fourth-order valence-electron chi connectivity index (χ4n) is 1.79. The minimum atomic E-state index is -3.61. The van der Waals surface area contributed by atoms with Crippen LogP contribution < -0.4 is 10.5 Å². The summed E-state index contributed by atoms with van der Waals surface area (Å²) in [6, 6.07) is 6.81. The predicted molar refractivity (Wildman–Crippen MR) is 82.4 cm³/mol. The Labute approximate surface area is 125 Å². The van der Waals surface area contributed by atoms with Crippen LogP contribution >= 0.6 is 12.4 Å². The average molecular weight is 316 g/mol. The van der Waals surface area contributed by atoms with Gasteiger partial charge in [-0.2, -0.15) is 0 Å². The molecule has 5 nitrogen and oxygen atoms in total. The number of sulfonamides is 1.